The lowest BCUT2D eigenvalue weighted by Crippen LogP contribution is -2.28. The topological polar surface area (TPSA) is 95.5 Å². The molecular formula is C15H27ClN2O4. The van der Waals surface area contributed by atoms with Gasteiger partial charge in [-0.05, 0) is 38.1 Å². The van der Waals surface area contributed by atoms with E-state index in [9.17, 15) is 14.9 Å². The zero-order valence-electron chi connectivity index (χ0n) is 13.2. The van der Waals surface area contributed by atoms with Crippen LogP contribution in [0, 0.1) is 22.0 Å². The molecule has 1 atom stereocenters. The van der Waals surface area contributed by atoms with Gasteiger partial charge in [0.05, 0.1) is 11.3 Å². The van der Waals surface area contributed by atoms with E-state index in [1.807, 2.05) is 0 Å². The van der Waals surface area contributed by atoms with Gasteiger partial charge >= 0.3 is 12.2 Å². The molecule has 1 aliphatic rings. The van der Waals surface area contributed by atoms with Crippen molar-refractivity contribution in [1.29, 1.82) is 0 Å². The molecular weight excluding hydrogens is 308 g/mol. The van der Waals surface area contributed by atoms with Gasteiger partial charge in [0.25, 0.3) is 0 Å². The highest BCUT2D eigenvalue weighted by molar-refractivity contribution is 5.87. The number of nitro groups is 1. The highest BCUT2D eigenvalue weighted by Crippen LogP contribution is 2.33. The molecule has 0 radical (unpaired) electrons. The van der Waals surface area contributed by atoms with Crippen LogP contribution in [-0.4, -0.2) is 23.7 Å². The molecule has 0 bridgehead atoms. The standard InChI is InChI=1S/C15H26N2O4.ClH/c1-11(2)15(18)21-14(17(19)20)8-7-12-3-5-13(6-4-12)9-10-16;/h12-14H,1,3-10,16H2,2H3;1H. The third-order valence-corrected chi connectivity index (χ3v) is 4.19. The number of esters is 1. The predicted octanol–water partition coefficient (Wildman–Crippen LogP) is 3.07. The summed E-state index contributed by atoms with van der Waals surface area (Å²) in [4.78, 5) is 21.8. The summed E-state index contributed by atoms with van der Waals surface area (Å²) in [5.74, 6) is 0.507. The van der Waals surface area contributed by atoms with Crippen LogP contribution in [0.5, 0.6) is 0 Å². The second kappa shape index (κ2) is 10.6. The van der Waals surface area contributed by atoms with Gasteiger partial charge in [0.1, 0.15) is 0 Å². The molecule has 0 saturated heterocycles. The Balaban J connectivity index is 0.00000441. The van der Waals surface area contributed by atoms with Crippen LogP contribution in [0.4, 0.5) is 0 Å². The van der Waals surface area contributed by atoms with E-state index in [0.717, 1.165) is 45.1 Å². The largest absolute Gasteiger partial charge is 0.395 e. The molecule has 0 aromatic carbocycles. The molecule has 7 heteroatoms. The van der Waals surface area contributed by atoms with Crippen LogP contribution in [0.15, 0.2) is 12.2 Å². The number of ether oxygens (including phenoxy) is 1. The third-order valence-electron chi connectivity index (χ3n) is 4.19. The number of carbonyl (C=O) groups excluding carboxylic acids is 1. The van der Waals surface area contributed by atoms with Crippen molar-refractivity contribution < 1.29 is 14.5 Å². The molecule has 1 fully saturated rings. The van der Waals surface area contributed by atoms with Crippen molar-refractivity contribution in [2.24, 2.45) is 17.6 Å². The Morgan fingerprint density at radius 3 is 2.23 bits per heavy atom. The first-order valence-corrected chi connectivity index (χ1v) is 7.64. The van der Waals surface area contributed by atoms with E-state index in [1.165, 1.54) is 6.92 Å². The van der Waals surface area contributed by atoms with E-state index in [4.69, 9.17) is 10.5 Å². The Kier molecular flexibility index (Phi) is 10.0. The fourth-order valence-corrected chi connectivity index (χ4v) is 2.85. The van der Waals surface area contributed by atoms with Gasteiger partial charge in [0.15, 0.2) is 0 Å². The minimum atomic E-state index is -1.25. The Morgan fingerprint density at radius 1 is 1.32 bits per heavy atom. The number of hydrogen-bond acceptors (Lipinski definition) is 5. The first kappa shape index (κ1) is 20.9. The van der Waals surface area contributed by atoms with E-state index in [0.29, 0.717) is 11.8 Å². The van der Waals surface area contributed by atoms with Gasteiger partial charge in [-0.2, -0.15) is 0 Å². The Hall–Kier alpha value is -1.14. The molecule has 1 rings (SSSR count). The average Bonchev–Trinajstić information content (AvgIpc) is 2.44. The lowest BCUT2D eigenvalue weighted by molar-refractivity contribution is -0.569. The first-order valence-electron chi connectivity index (χ1n) is 7.64. The maximum Gasteiger partial charge on any atom is 0.356 e. The summed E-state index contributed by atoms with van der Waals surface area (Å²) in [6.07, 6.45) is 5.29. The number of carbonyl (C=O) groups is 1. The van der Waals surface area contributed by atoms with Crippen molar-refractivity contribution in [2.45, 2.75) is 58.1 Å². The second-order valence-electron chi connectivity index (χ2n) is 5.97. The third kappa shape index (κ3) is 7.22. The SMILES string of the molecule is C=C(C)C(=O)OC(CCC1CCC(CCN)CC1)[N+](=O)[O-].Cl. The fraction of sp³-hybridized carbons (Fsp3) is 0.800. The van der Waals surface area contributed by atoms with Gasteiger partial charge in [0.2, 0.25) is 0 Å². The van der Waals surface area contributed by atoms with E-state index in [1.54, 1.807) is 0 Å². The molecule has 0 heterocycles. The first-order chi connectivity index (χ1) is 9.93. The summed E-state index contributed by atoms with van der Waals surface area (Å²) in [7, 11) is 0. The van der Waals surface area contributed by atoms with Gasteiger partial charge in [-0.1, -0.05) is 32.3 Å². The van der Waals surface area contributed by atoms with E-state index in [-0.39, 0.29) is 24.4 Å². The van der Waals surface area contributed by atoms with Gasteiger partial charge in [0, 0.05) is 5.57 Å². The van der Waals surface area contributed by atoms with Crippen molar-refractivity contribution >= 4 is 18.4 Å². The van der Waals surface area contributed by atoms with E-state index >= 15 is 0 Å². The zero-order valence-corrected chi connectivity index (χ0v) is 14.0. The van der Waals surface area contributed by atoms with Crippen LogP contribution >= 0.6 is 12.4 Å². The van der Waals surface area contributed by atoms with Crippen molar-refractivity contribution in [1.82, 2.24) is 0 Å². The number of nitrogens with two attached hydrogens (primary N) is 1. The smallest absolute Gasteiger partial charge is 0.356 e. The molecule has 2 N–H and O–H groups in total. The molecule has 1 unspecified atom stereocenters. The van der Waals surface area contributed by atoms with Crippen LogP contribution in [0.2, 0.25) is 0 Å². The summed E-state index contributed by atoms with van der Waals surface area (Å²) < 4.78 is 4.87. The van der Waals surface area contributed by atoms with Gasteiger partial charge in [-0.3, -0.25) is 10.1 Å². The van der Waals surface area contributed by atoms with E-state index in [2.05, 4.69) is 6.58 Å². The Morgan fingerprint density at radius 2 is 1.82 bits per heavy atom. The van der Waals surface area contributed by atoms with Crippen LogP contribution < -0.4 is 5.73 Å². The van der Waals surface area contributed by atoms with Crippen molar-refractivity contribution in [3.05, 3.63) is 22.3 Å². The summed E-state index contributed by atoms with van der Waals surface area (Å²) in [6.45, 7) is 5.65. The van der Waals surface area contributed by atoms with Gasteiger partial charge in [-0.25, -0.2) is 4.79 Å². The normalized spacial score (nSPS) is 22.3. The Bertz CT molecular complexity index is 382. The molecule has 0 aromatic rings. The number of halogens is 1. The van der Waals surface area contributed by atoms with Crippen LogP contribution in [-0.2, 0) is 9.53 Å². The van der Waals surface area contributed by atoms with Gasteiger partial charge < -0.3 is 10.5 Å². The van der Waals surface area contributed by atoms with Crippen molar-refractivity contribution in [2.75, 3.05) is 6.54 Å². The summed E-state index contributed by atoms with van der Waals surface area (Å²) in [5.41, 5.74) is 5.75. The molecule has 22 heavy (non-hydrogen) atoms. The maximum absolute atomic E-state index is 11.4. The molecule has 128 valence electrons. The highest BCUT2D eigenvalue weighted by atomic mass is 35.5. The minimum absolute atomic E-state index is 0. The minimum Gasteiger partial charge on any atom is -0.395 e. The van der Waals surface area contributed by atoms with E-state index < -0.39 is 17.1 Å². The van der Waals surface area contributed by atoms with Crippen molar-refractivity contribution in [3.63, 3.8) is 0 Å². The molecule has 0 aliphatic heterocycles. The Labute approximate surface area is 138 Å². The molecule has 1 saturated carbocycles. The fourth-order valence-electron chi connectivity index (χ4n) is 2.85. The quantitative estimate of drug-likeness (QED) is 0.242. The van der Waals surface area contributed by atoms with Crippen LogP contribution in [0.3, 0.4) is 0 Å². The average molecular weight is 335 g/mol. The predicted molar refractivity (Wildman–Crippen MR) is 87.3 cm³/mol. The molecule has 1 aliphatic carbocycles. The number of rotatable bonds is 8. The molecule has 0 spiro atoms. The molecule has 6 nitrogen and oxygen atoms in total. The van der Waals surface area contributed by atoms with Gasteiger partial charge in [-0.15, -0.1) is 12.4 Å². The van der Waals surface area contributed by atoms with Crippen LogP contribution in [0.25, 0.3) is 0 Å². The maximum atomic E-state index is 11.4. The van der Waals surface area contributed by atoms with Crippen LogP contribution in [0.1, 0.15) is 51.9 Å². The monoisotopic (exact) mass is 334 g/mol. The molecule has 0 aromatic heterocycles. The lowest BCUT2D eigenvalue weighted by Gasteiger charge is -2.28. The summed E-state index contributed by atoms with van der Waals surface area (Å²) in [5, 5.41) is 11.0. The molecule has 0 amide bonds. The highest BCUT2D eigenvalue weighted by Gasteiger charge is 2.28. The lowest BCUT2D eigenvalue weighted by atomic mass is 9.79. The second-order valence-corrected chi connectivity index (χ2v) is 5.97. The van der Waals surface area contributed by atoms with Crippen molar-refractivity contribution in [3.8, 4) is 0 Å². The summed E-state index contributed by atoms with van der Waals surface area (Å²) in [6, 6.07) is 0. The number of nitrogens with zero attached hydrogens (tertiary/aromatic N) is 1. The number of hydrogen-bond donors (Lipinski definition) is 1. The zero-order chi connectivity index (χ0) is 15.8. The summed E-state index contributed by atoms with van der Waals surface area (Å²) >= 11 is 0.